The molecule has 0 radical (unpaired) electrons. The molecule has 0 atom stereocenters. The number of hydrogen-bond donors (Lipinski definition) is 1. The molecule has 0 saturated carbocycles. The van der Waals surface area contributed by atoms with E-state index in [2.05, 4.69) is 10.3 Å². The van der Waals surface area contributed by atoms with Crippen molar-refractivity contribution in [2.24, 2.45) is 0 Å². The number of esters is 1. The summed E-state index contributed by atoms with van der Waals surface area (Å²) in [6.07, 6.45) is -4.32. The van der Waals surface area contributed by atoms with Gasteiger partial charge in [0.15, 0.2) is 0 Å². The van der Waals surface area contributed by atoms with Crippen molar-refractivity contribution in [1.29, 1.82) is 0 Å². The quantitative estimate of drug-likeness (QED) is 0.500. The second-order valence-electron chi connectivity index (χ2n) is 7.39. The molecule has 2 aromatic heterocycles. The molecule has 0 aliphatic carbocycles. The molecule has 3 rings (SSSR count). The fraction of sp³-hybridized carbons (Fsp3) is 0.318. The average Bonchev–Trinajstić information content (AvgIpc) is 3.26. The summed E-state index contributed by atoms with van der Waals surface area (Å²) in [6.45, 7) is 3.60. The van der Waals surface area contributed by atoms with Crippen LogP contribution in [0.5, 0.6) is 0 Å². The van der Waals surface area contributed by atoms with Crippen molar-refractivity contribution in [2.75, 3.05) is 5.32 Å². The maximum atomic E-state index is 12.7. The number of halogens is 3. The number of thiazole rings is 1. The van der Waals surface area contributed by atoms with Gasteiger partial charge in [-0.2, -0.15) is 13.2 Å². The van der Waals surface area contributed by atoms with Gasteiger partial charge in [0.1, 0.15) is 18.2 Å². The number of ether oxygens (including phenoxy) is 1. The van der Waals surface area contributed by atoms with E-state index in [9.17, 15) is 22.8 Å². The predicted octanol–water partition coefficient (Wildman–Crippen LogP) is 4.97. The molecule has 0 saturated heterocycles. The highest BCUT2D eigenvalue weighted by Gasteiger charge is 2.30. The van der Waals surface area contributed by atoms with Gasteiger partial charge in [-0.05, 0) is 39.0 Å². The molecule has 0 aliphatic heterocycles. The highest BCUT2D eigenvalue weighted by molar-refractivity contribution is 7.09. The molecule has 1 N–H and O–H groups in total. The van der Waals surface area contributed by atoms with Crippen molar-refractivity contribution < 1.29 is 27.5 Å². The molecule has 2 heterocycles. The van der Waals surface area contributed by atoms with Gasteiger partial charge in [-0.25, -0.2) is 9.78 Å². The second kappa shape index (κ2) is 9.56. The van der Waals surface area contributed by atoms with Gasteiger partial charge in [0.05, 0.1) is 17.7 Å². The van der Waals surface area contributed by atoms with Crippen LogP contribution in [0.1, 0.15) is 38.0 Å². The molecule has 0 unspecified atom stereocenters. The molecule has 170 valence electrons. The zero-order chi connectivity index (χ0) is 23.5. The highest BCUT2D eigenvalue weighted by Crippen LogP contribution is 2.24. The third-order valence-corrected chi connectivity index (χ3v) is 5.63. The van der Waals surface area contributed by atoms with Crippen molar-refractivity contribution in [3.8, 4) is 0 Å². The summed E-state index contributed by atoms with van der Waals surface area (Å²) in [5.41, 5.74) is 2.84. The van der Waals surface area contributed by atoms with Crippen LogP contribution in [-0.2, 0) is 29.1 Å². The van der Waals surface area contributed by atoms with Gasteiger partial charge in [-0.1, -0.05) is 17.7 Å². The molecule has 3 aromatic rings. The maximum absolute atomic E-state index is 12.7. The minimum atomic E-state index is -4.39. The predicted molar refractivity (Wildman–Crippen MR) is 115 cm³/mol. The lowest BCUT2D eigenvalue weighted by atomic mass is 10.2. The number of rotatable bonds is 7. The number of benzene rings is 1. The highest BCUT2D eigenvalue weighted by atomic mass is 32.1. The fourth-order valence-corrected chi connectivity index (χ4v) is 3.90. The topological polar surface area (TPSA) is 73.2 Å². The van der Waals surface area contributed by atoms with Gasteiger partial charge < -0.3 is 14.6 Å². The molecule has 6 nitrogen and oxygen atoms in total. The lowest BCUT2D eigenvalue weighted by molar-refractivity contribution is -0.141. The number of carbonyl (C=O) groups excluding carboxylic acids is 2. The lowest BCUT2D eigenvalue weighted by Gasteiger charge is -2.12. The third kappa shape index (κ3) is 6.19. The number of hydrogen-bond acceptors (Lipinski definition) is 5. The van der Waals surface area contributed by atoms with Gasteiger partial charge in [-0.15, -0.1) is 11.3 Å². The summed E-state index contributed by atoms with van der Waals surface area (Å²) in [6, 6.07) is 8.79. The van der Waals surface area contributed by atoms with E-state index in [-0.39, 0.29) is 30.2 Å². The van der Waals surface area contributed by atoms with Crippen molar-refractivity contribution in [1.82, 2.24) is 9.55 Å². The zero-order valence-corrected chi connectivity index (χ0v) is 18.6. The van der Waals surface area contributed by atoms with Crippen LogP contribution in [0.2, 0.25) is 0 Å². The lowest BCUT2D eigenvalue weighted by Crippen LogP contribution is -2.19. The Balaban J connectivity index is 1.56. The number of aryl methyl sites for hydroxylation is 2. The Morgan fingerprint density at radius 2 is 1.84 bits per heavy atom. The molecular weight excluding hydrogens is 443 g/mol. The van der Waals surface area contributed by atoms with Crippen LogP contribution in [-0.4, -0.2) is 27.6 Å². The number of carbonyl (C=O) groups is 2. The van der Waals surface area contributed by atoms with Crippen molar-refractivity contribution in [3.05, 3.63) is 68.9 Å². The van der Waals surface area contributed by atoms with Crippen molar-refractivity contribution in [2.45, 2.75) is 46.5 Å². The van der Waals surface area contributed by atoms with E-state index in [1.807, 2.05) is 31.2 Å². The van der Waals surface area contributed by atoms with E-state index in [0.717, 1.165) is 10.1 Å². The minimum Gasteiger partial charge on any atom is -0.455 e. The van der Waals surface area contributed by atoms with Crippen molar-refractivity contribution >= 4 is 28.9 Å². The fourth-order valence-electron chi connectivity index (χ4n) is 3.12. The van der Waals surface area contributed by atoms with Gasteiger partial charge in [-0.3, -0.25) is 4.79 Å². The third-order valence-electron chi connectivity index (χ3n) is 4.73. The summed E-state index contributed by atoms with van der Waals surface area (Å²) in [5.74, 6) is -0.943. The van der Waals surface area contributed by atoms with Crippen LogP contribution < -0.4 is 5.32 Å². The van der Waals surface area contributed by atoms with Gasteiger partial charge in [0.25, 0.3) is 0 Å². The van der Waals surface area contributed by atoms with Crippen LogP contribution in [0.3, 0.4) is 0 Å². The van der Waals surface area contributed by atoms with Crippen LogP contribution >= 0.6 is 11.3 Å². The molecule has 0 bridgehead atoms. The summed E-state index contributed by atoms with van der Waals surface area (Å²) in [7, 11) is 0. The molecular formula is C22H22F3N3O3S. The van der Waals surface area contributed by atoms with Crippen LogP contribution in [0.15, 0.2) is 35.7 Å². The Morgan fingerprint density at radius 1 is 1.16 bits per heavy atom. The summed E-state index contributed by atoms with van der Waals surface area (Å²) >= 11 is 1.26. The smallest absolute Gasteiger partial charge is 0.406 e. The van der Waals surface area contributed by atoms with Crippen LogP contribution in [0.25, 0.3) is 0 Å². The van der Waals surface area contributed by atoms with Crippen LogP contribution in [0, 0.1) is 20.8 Å². The first-order valence-electron chi connectivity index (χ1n) is 9.72. The van der Waals surface area contributed by atoms with Gasteiger partial charge in [0, 0.05) is 22.5 Å². The minimum absolute atomic E-state index is 0.0745. The maximum Gasteiger partial charge on any atom is 0.406 e. The molecule has 10 heteroatoms. The normalized spacial score (nSPS) is 11.4. The second-order valence-corrected chi connectivity index (χ2v) is 8.33. The monoisotopic (exact) mass is 465 g/mol. The van der Waals surface area contributed by atoms with E-state index in [0.29, 0.717) is 22.1 Å². The first-order chi connectivity index (χ1) is 15.0. The number of amides is 1. The zero-order valence-electron chi connectivity index (χ0n) is 17.7. The number of nitrogens with one attached hydrogen (secondary N) is 1. The largest absolute Gasteiger partial charge is 0.455 e. The Bertz CT molecular complexity index is 1120. The first kappa shape index (κ1) is 23.5. The SMILES string of the molecule is Cc1ccc(NC(=O)Cc2nc(COC(=O)c3cc(C)n(CC(F)(F)F)c3C)cs2)cc1. The van der Waals surface area contributed by atoms with Crippen LogP contribution in [0.4, 0.5) is 18.9 Å². The average molecular weight is 465 g/mol. The molecule has 0 fully saturated rings. The first-order valence-corrected chi connectivity index (χ1v) is 10.6. The summed E-state index contributed by atoms with van der Waals surface area (Å²) < 4.78 is 44.5. The van der Waals surface area contributed by atoms with E-state index >= 15 is 0 Å². The molecule has 1 amide bonds. The molecule has 0 aliphatic rings. The molecule has 1 aromatic carbocycles. The Labute approximate surface area is 187 Å². The van der Waals surface area contributed by atoms with E-state index < -0.39 is 18.7 Å². The Hall–Kier alpha value is -3.14. The molecule has 0 spiro atoms. The van der Waals surface area contributed by atoms with Gasteiger partial charge >= 0.3 is 12.1 Å². The number of nitrogens with zero attached hydrogens (tertiary/aromatic N) is 2. The van der Waals surface area contributed by atoms with E-state index in [1.54, 1.807) is 5.38 Å². The van der Waals surface area contributed by atoms with E-state index in [4.69, 9.17) is 4.74 Å². The number of aromatic nitrogens is 2. The van der Waals surface area contributed by atoms with E-state index in [1.165, 1.54) is 31.3 Å². The summed E-state index contributed by atoms with van der Waals surface area (Å²) in [5, 5.41) is 5.02. The van der Waals surface area contributed by atoms with Crippen molar-refractivity contribution in [3.63, 3.8) is 0 Å². The standard InChI is InChI=1S/C22H22F3N3O3S/c1-13-4-6-16(7-5-13)26-19(29)9-20-27-17(11-32-20)10-31-21(30)18-8-14(2)28(15(18)3)12-22(23,24)25/h4-8,11H,9-10,12H2,1-3H3,(H,26,29). The Morgan fingerprint density at radius 3 is 2.50 bits per heavy atom. The summed E-state index contributed by atoms with van der Waals surface area (Å²) in [4.78, 5) is 28.9. The Kier molecular flexibility index (Phi) is 7.02. The number of alkyl halides is 3. The van der Waals surface area contributed by atoms with Gasteiger partial charge in [0.2, 0.25) is 5.91 Å². The molecule has 32 heavy (non-hydrogen) atoms. The number of anilines is 1.